The molecule has 3 aromatic rings. The number of esters is 2. The summed E-state index contributed by atoms with van der Waals surface area (Å²) in [6.07, 6.45) is 2.70. The predicted octanol–water partition coefficient (Wildman–Crippen LogP) is 3.52. The van der Waals surface area contributed by atoms with Crippen LogP contribution >= 0.6 is 11.3 Å². The van der Waals surface area contributed by atoms with Crippen molar-refractivity contribution in [2.75, 3.05) is 20.3 Å². The largest absolute Gasteiger partial charge is 0.494 e. The maximum atomic E-state index is 13.8. The van der Waals surface area contributed by atoms with Crippen LogP contribution in [-0.4, -0.2) is 36.8 Å². The smallest absolute Gasteiger partial charge is 0.338 e. The van der Waals surface area contributed by atoms with Crippen LogP contribution in [0.25, 0.3) is 6.08 Å². The standard InChI is InChI=1S/C29H30N2O7S/c1-6-14-37-21-11-8-19(9-12-21)15-24-27(33)31-26(20-10-13-22(38-18(4)32)23(16-20)35-5)25(28(34)36-7-2)17(3)30-29(31)39-24/h8-13,15-16,26H,6-7,14H2,1-5H3/b24-15-. The number of benzene rings is 2. The van der Waals surface area contributed by atoms with E-state index in [1.165, 1.54) is 29.9 Å². The van der Waals surface area contributed by atoms with Gasteiger partial charge in [-0.15, -0.1) is 0 Å². The Hall–Kier alpha value is -4.18. The van der Waals surface area contributed by atoms with Gasteiger partial charge in [0.05, 0.1) is 42.2 Å². The number of thiazole rings is 1. The van der Waals surface area contributed by atoms with E-state index in [2.05, 4.69) is 4.99 Å². The van der Waals surface area contributed by atoms with Crippen molar-refractivity contribution in [3.05, 3.63) is 84.5 Å². The molecular formula is C29H30N2O7S. The number of nitrogens with zero attached hydrogens (tertiary/aromatic N) is 2. The normalized spacial score (nSPS) is 14.9. The third kappa shape index (κ3) is 5.96. The van der Waals surface area contributed by atoms with E-state index in [9.17, 15) is 14.4 Å². The minimum atomic E-state index is -0.826. The van der Waals surface area contributed by atoms with Gasteiger partial charge in [-0.25, -0.2) is 9.79 Å². The van der Waals surface area contributed by atoms with Gasteiger partial charge in [0.1, 0.15) is 5.75 Å². The second kappa shape index (κ2) is 12.1. The molecule has 9 nitrogen and oxygen atoms in total. The molecule has 2 aromatic carbocycles. The van der Waals surface area contributed by atoms with E-state index in [4.69, 9.17) is 18.9 Å². The number of carbonyl (C=O) groups excluding carboxylic acids is 2. The number of hydrogen-bond donors (Lipinski definition) is 0. The average molecular weight is 551 g/mol. The molecule has 1 aliphatic heterocycles. The first kappa shape index (κ1) is 27.8. The molecule has 0 saturated carbocycles. The number of rotatable bonds is 9. The van der Waals surface area contributed by atoms with Crippen molar-refractivity contribution >= 4 is 29.4 Å². The first-order valence-electron chi connectivity index (χ1n) is 12.6. The van der Waals surface area contributed by atoms with Crippen molar-refractivity contribution in [2.24, 2.45) is 4.99 Å². The molecule has 0 saturated heterocycles. The Kier molecular flexibility index (Phi) is 8.65. The minimum Gasteiger partial charge on any atom is -0.494 e. The maximum Gasteiger partial charge on any atom is 0.338 e. The maximum absolute atomic E-state index is 13.8. The minimum absolute atomic E-state index is 0.166. The van der Waals surface area contributed by atoms with Gasteiger partial charge < -0.3 is 18.9 Å². The highest BCUT2D eigenvalue weighted by Crippen LogP contribution is 2.36. The molecule has 4 rings (SSSR count). The Morgan fingerprint density at radius 1 is 1.10 bits per heavy atom. The van der Waals surface area contributed by atoms with Gasteiger partial charge in [0.15, 0.2) is 16.3 Å². The molecule has 0 spiro atoms. The molecule has 0 bridgehead atoms. The third-order valence-corrected chi connectivity index (χ3v) is 6.91. The van der Waals surface area contributed by atoms with E-state index in [1.54, 1.807) is 38.1 Å². The molecule has 0 aliphatic carbocycles. The number of carbonyl (C=O) groups is 2. The highest BCUT2D eigenvalue weighted by molar-refractivity contribution is 7.07. The fourth-order valence-electron chi connectivity index (χ4n) is 4.23. The number of aromatic nitrogens is 1. The van der Waals surface area contributed by atoms with Gasteiger partial charge in [0.2, 0.25) is 0 Å². The molecular weight excluding hydrogens is 520 g/mol. The number of methoxy groups -OCH3 is 1. The van der Waals surface area contributed by atoms with Gasteiger partial charge in [0, 0.05) is 6.92 Å². The zero-order chi connectivity index (χ0) is 28.1. The van der Waals surface area contributed by atoms with Crippen LogP contribution in [0.5, 0.6) is 17.2 Å². The number of fused-ring (bicyclic) bond motifs is 1. The fraction of sp³-hybridized carbons (Fsp3) is 0.310. The lowest BCUT2D eigenvalue weighted by Gasteiger charge is -2.25. The number of hydrogen-bond acceptors (Lipinski definition) is 9. The van der Waals surface area contributed by atoms with Crippen molar-refractivity contribution in [3.63, 3.8) is 0 Å². The van der Waals surface area contributed by atoms with Crippen LogP contribution in [0.3, 0.4) is 0 Å². The van der Waals surface area contributed by atoms with Crippen LogP contribution in [0.1, 0.15) is 51.3 Å². The molecule has 0 N–H and O–H groups in total. The lowest BCUT2D eigenvalue weighted by Crippen LogP contribution is -2.40. The first-order chi connectivity index (χ1) is 18.8. The Morgan fingerprint density at radius 3 is 2.49 bits per heavy atom. The van der Waals surface area contributed by atoms with Crippen molar-refractivity contribution in [3.8, 4) is 17.2 Å². The lowest BCUT2D eigenvalue weighted by atomic mass is 9.95. The molecule has 2 heterocycles. The van der Waals surface area contributed by atoms with Crippen LogP contribution in [0, 0.1) is 0 Å². The average Bonchev–Trinajstić information content (AvgIpc) is 3.21. The SMILES string of the molecule is CCCOc1ccc(/C=c2\sc3n(c2=O)C(c2ccc(OC(C)=O)c(OC)c2)C(C(=O)OCC)=C(C)N=3)cc1. The highest BCUT2D eigenvalue weighted by atomic mass is 32.1. The Balaban J connectivity index is 1.86. The first-order valence-corrected chi connectivity index (χ1v) is 13.4. The summed E-state index contributed by atoms with van der Waals surface area (Å²) < 4.78 is 23.6. The topological polar surface area (TPSA) is 105 Å². The molecule has 0 amide bonds. The monoisotopic (exact) mass is 550 g/mol. The van der Waals surface area contributed by atoms with Crippen LogP contribution in [0.4, 0.5) is 0 Å². The Labute approximate surface area is 229 Å². The summed E-state index contributed by atoms with van der Waals surface area (Å²) >= 11 is 1.24. The van der Waals surface area contributed by atoms with Gasteiger partial charge in [0.25, 0.3) is 5.56 Å². The van der Waals surface area contributed by atoms with E-state index < -0.39 is 18.0 Å². The molecule has 0 radical (unpaired) electrons. The second-order valence-corrected chi connectivity index (χ2v) is 9.73. The number of allylic oxidation sites excluding steroid dienone is 1. The van der Waals surface area contributed by atoms with Crippen molar-refractivity contribution in [1.29, 1.82) is 0 Å². The molecule has 39 heavy (non-hydrogen) atoms. The van der Waals surface area contributed by atoms with Gasteiger partial charge >= 0.3 is 11.9 Å². The molecule has 10 heteroatoms. The molecule has 1 aromatic heterocycles. The summed E-state index contributed by atoms with van der Waals surface area (Å²) in [5.74, 6) is 0.209. The van der Waals surface area contributed by atoms with E-state index >= 15 is 0 Å². The van der Waals surface area contributed by atoms with Crippen molar-refractivity contribution in [1.82, 2.24) is 4.57 Å². The zero-order valence-electron chi connectivity index (χ0n) is 22.5. The van der Waals surface area contributed by atoms with Crippen LogP contribution in [0.15, 0.2) is 63.5 Å². The molecule has 1 aliphatic rings. The summed E-state index contributed by atoms with van der Waals surface area (Å²) in [6.45, 7) is 7.57. The quantitative estimate of drug-likeness (QED) is 0.297. The predicted molar refractivity (Wildman–Crippen MR) is 147 cm³/mol. The highest BCUT2D eigenvalue weighted by Gasteiger charge is 2.34. The van der Waals surface area contributed by atoms with E-state index in [-0.39, 0.29) is 29.2 Å². The van der Waals surface area contributed by atoms with Crippen LogP contribution in [0.2, 0.25) is 0 Å². The van der Waals surface area contributed by atoms with E-state index in [0.717, 1.165) is 17.7 Å². The zero-order valence-corrected chi connectivity index (χ0v) is 23.3. The summed E-state index contributed by atoms with van der Waals surface area (Å²) in [5.41, 5.74) is 1.80. The Morgan fingerprint density at radius 2 is 1.85 bits per heavy atom. The lowest BCUT2D eigenvalue weighted by molar-refractivity contribution is -0.139. The second-order valence-electron chi connectivity index (χ2n) is 8.72. The molecule has 0 fully saturated rings. The van der Waals surface area contributed by atoms with Crippen molar-refractivity contribution in [2.45, 2.75) is 40.2 Å². The van der Waals surface area contributed by atoms with E-state index in [0.29, 0.717) is 27.2 Å². The summed E-state index contributed by atoms with van der Waals surface area (Å²) in [6, 6.07) is 11.6. The van der Waals surface area contributed by atoms with Crippen LogP contribution in [-0.2, 0) is 14.3 Å². The summed E-state index contributed by atoms with van der Waals surface area (Å²) in [7, 11) is 1.45. The van der Waals surface area contributed by atoms with E-state index in [1.807, 2.05) is 31.2 Å². The molecule has 204 valence electrons. The number of ether oxygens (including phenoxy) is 4. The third-order valence-electron chi connectivity index (χ3n) is 5.92. The summed E-state index contributed by atoms with van der Waals surface area (Å²) in [4.78, 5) is 43.5. The van der Waals surface area contributed by atoms with Gasteiger partial charge in [-0.3, -0.25) is 14.2 Å². The molecule has 1 atom stereocenters. The van der Waals surface area contributed by atoms with Gasteiger partial charge in [-0.05, 0) is 61.7 Å². The summed E-state index contributed by atoms with van der Waals surface area (Å²) in [5, 5.41) is 0. The van der Waals surface area contributed by atoms with Gasteiger partial charge in [-0.2, -0.15) is 0 Å². The fourth-order valence-corrected chi connectivity index (χ4v) is 5.28. The molecule has 1 unspecified atom stereocenters. The van der Waals surface area contributed by atoms with Gasteiger partial charge in [-0.1, -0.05) is 36.5 Å². The van der Waals surface area contributed by atoms with Crippen LogP contribution < -0.4 is 29.1 Å². The Bertz CT molecular complexity index is 1600. The van der Waals surface area contributed by atoms with Crippen molar-refractivity contribution < 1.29 is 28.5 Å².